The zero-order chi connectivity index (χ0) is 15.1. The lowest BCUT2D eigenvalue weighted by Crippen LogP contribution is -2.43. The van der Waals surface area contributed by atoms with Gasteiger partial charge in [-0.15, -0.1) is 0 Å². The van der Waals surface area contributed by atoms with Gasteiger partial charge in [-0.25, -0.2) is 8.42 Å². The van der Waals surface area contributed by atoms with Gasteiger partial charge in [0, 0.05) is 21.9 Å². The van der Waals surface area contributed by atoms with Crippen LogP contribution in [0.25, 0.3) is 0 Å². The van der Waals surface area contributed by atoms with Gasteiger partial charge in [-0.1, -0.05) is 15.9 Å². The number of sulfonamides is 1. The highest BCUT2D eigenvalue weighted by atomic mass is 79.9. The number of carbonyl (C=O) groups excluding carboxylic acids is 1. The number of carbonyl (C=O) groups is 1. The van der Waals surface area contributed by atoms with Crippen LogP contribution in [0.3, 0.4) is 0 Å². The number of primary amides is 1. The molecule has 1 aromatic rings. The van der Waals surface area contributed by atoms with Crippen molar-refractivity contribution in [1.82, 2.24) is 4.31 Å². The molecule has 3 N–H and O–H groups in total. The second-order valence-electron chi connectivity index (χ2n) is 4.46. The van der Waals surface area contributed by atoms with Gasteiger partial charge in [-0.3, -0.25) is 4.79 Å². The molecule has 0 saturated carbocycles. The summed E-state index contributed by atoms with van der Waals surface area (Å²) in [7, 11) is -3.91. The number of nitrogens with two attached hydrogens (primary N) is 1. The predicted molar refractivity (Wildman–Crippen MR) is 79.3 cm³/mol. The van der Waals surface area contributed by atoms with Gasteiger partial charge in [0.25, 0.3) is 0 Å². The molecule has 1 saturated heterocycles. The van der Waals surface area contributed by atoms with Gasteiger partial charge in [0.1, 0.15) is 6.04 Å². The molecule has 20 heavy (non-hydrogen) atoms. The lowest BCUT2D eigenvalue weighted by Gasteiger charge is -2.22. The zero-order valence-corrected chi connectivity index (χ0v) is 14.2. The third-order valence-corrected chi connectivity index (χ3v) is 6.39. The van der Waals surface area contributed by atoms with Crippen LogP contribution in [0.1, 0.15) is 6.42 Å². The highest BCUT2D eigenvalue weighted by Crippen LogP contribution is 2.32. The topological polar surface area (TPSA) is 101 Å². The average Bonchev–Trinajstić information content (AvgIpc) is 2.71. The van der Waals surface area contributed by atoms with Crippen molar-refractivity contribution in [3.05, 3.63) is 27.1 Å². The van der Waals surface area contributed by atoms with E-state index in [1.165, 1.54) is 6.07 Å². The molecule has 1 heterocycles. The van der Waals surface area contributed by atoms with Crippen molar-refractivity contribution in [1.29, 1.82) is 0 Å². The maximum Gasteiger partial charge on any atom is 0.245 e. The first kappa shape index (κ1) is 15.9. The van der Waals surface area contributed by atoms with Crippen molar-refractivity contribution >= 4 is 47.8 Å². The Morgan fingerprint density at radius 2 is 2.05 bits per heavy atom. The molecular weight excluding hydrogens is 416 g/mol. The number of hydrogen-bond acceptors (Lipinski definition) is 4. The standard InChI is InChI=1S/C11H12Br2N2O4S/c12-6-1-2-10(8(13)3-6)20(18,19)15-5-7(16)4-9(15)11(14)17/h1-3,7,9,16H,4-5H2,(H2,14,17). The molecule has 110 valence electrons. The number of amides is 1. The van der Waals surface area contributed by atoms with Crippen LogP contribution in [-0.4, -0.2) is 42.4 Å². The van der Waals surface area contributed by atoms with Crippen molar-refractivity contribution in [3.8, 4) is 0 Å². The summed E-state index contributed by atoms with van der Waals surface area (Å²) in [5.41, 5.74) is 5.21. The van der Waals surface area contributed by atoms with Crippen molar-refractivity contribution in [2.45, 2.75) is 23.5 Å². The molecule has 0 radical (unpaired) electrons. The summed E-state index contributed by atoms with van der Waals surface area (Å²) in [6.45, 7) is -0.140. The molecule has 6 nitrogen and oxygen atoms in total. The Morgan fingerprint density at radius 3 is 2.60 bits per heavy atom. The minimum absolute atomic E-state index is 0.0166. The van der Waals surface area contributed by atoms with E-state index in [-0.39, 0.29) is 17.9 Å². The summed E-state index contributed by atoms with van der Waals surface area (Å²) >= 11 is 6.43. The van der Waals surface area contributed by atoms with Crippen LogP contribution in [0.15, 0.2) is 32.0 Å². The molecule has 2 rings (SSSR count). The number of aliphatic hydroxyl groups is 1. The molecule has 9 heteroatoms. The highest BCUT2D eigenvalue weighted by Gasteiger charge is 2.43. The molecule has 1 fully saturated rings. The number of rotatable bonds is 3. The van der Waals surface area contributed by atoms with Gasteiger partial charge < -0.3 is 10.8 Å². The molecule has 2 unspecified atom stereocenters. The lowest BCUT2D eigenvalue weighted by atomic mass is 10.2. The SMILES string of the molecule is NC(=O)C1CC(O)CN1S(=O)(=O)c1ccc(Br)cc1Br. The Morgan fingerprint density at radius 1 is 1.40 bits per heavy atom. The Labute approximate surface area is 133 Å². The summed E-state index contributed by atoms with van der Waals surface area (Å²) in [5, 5.41) is 9.61. The summed E-state index contributed by atoms with van der Waals surface area (Å²) in [5.74, 6) is -0.765. The van der Waals surface area contributed by atoms with E-state index in [2.05, 4.69) is 31.9 Å². The average molecular weight is 428 g/mol. The van der Waals surface area contributed by atoms with Gasteiger partial charge in [-0.2, -0.15) is 4.31 Å². The maximum absolute atomic E-state index is 12.6. The van der Waals surface area contributed by atoms with Crippen LogP contribution in [0.2, 0.25) is 0 Å². The van der Waals surface area contributed by atoms with Gasteiger partial charge >= 0.3 is 0 Å². The van der Waals surface area contributed by atoms with Gasteiger partial charge in [0.15, 0.2) is 0 Å². The third-order valence-electron chi connectivity index (χ3n) is 3.04. The predicted octanol–water partition coefficient (Wildman–Crippen LogP) is 0.821. The van der Waals surface area contributed by atoms with E-state index in [0.717, 1.165) is 8.78 Å². The fourth-order valence-electron chi connectivity index (χ4n) is 2.12. The van der Waals surface area contributed by atoms with Crippen LogP contribution < -0.4 is 5.73 Å². The van der Waals surface area contributed by atoms with E-state index in [4.69, 9.17) is 5.73 Å². The fourth-order valence-corrected chi connectivity index (χ4v) is 5.47. The van der Waals surface area contributed by atoms with E-state index in [1.54, 1.807) is 12.1 Å². The molecule has 0 spiro atoms. The van der Waals surface area contributed by atoms with Crippen molar-refractivity contribution < 1.29 is 18.3 Å². The molecule has 0 bridgehead atoms. The lowest BCUT2D eigenvalue weighted by molar-refractivity contribution is -0.121. The van der Waals surface area contributed by atoms with E-state index in [1.807, 2.05) is 0 Å². The Balaban J connectivity index is 2.46. The number of halogens is 2. The fraction of sp³-hybridized carbons (Fsp3) is 0.364. The van der Waals surface area contributed by atoms with Crippen LogP contribution in [0.5, 0.6) is 0 Å². The van der Waals surface area contributed by atoms with E-state index >= 15 is 0 Å². The quantitative estimate of drug-likeness (QED) is 0.745. The summed E-state index contributed by atoms with van der Waals surface area (Å²) in [6, 6.07) is 3.58. The molecule has 0 aliphatic carbocycles. The first-order valence-corrected chi connectivity index (χ1v) is 8.70. The number of nitrogens with zero attached hydrogens (tertiary/aromatic N) is 1. The Hall–Kier alpha value is -0.480. The van der Waals surface area contributed by atoms with Gasteiger partial charge in [0.05, 0.1) is 11.0 Å². The molecule has 2 atom stereocenters. The van der Waals surface area contributed by atoms with Crippen LogP contribution in [-0.2, 0) is 14.8 Å². The largest absolute Gasteiger partial charge is 0.392 e. The van der Waals surface area contributed by atoms with E-state index in [0.29, 0.717) is 4.47 Å². The summed E-state index contributed by atoms with van der Waals surface area (Å²) in [4.78, 5) is 11.4. The minimum Gasteiger partial charge on any atom is -0.392 e. The Kier molecular flexibility index (Phi) is 4.55. The van der Waals surface area contributed by atoms with Crippen LogP contribution in [0, 0.1) is 0 Å². The van der Waals surface area contributed by atoms with Crippen molar-refractivity contribution in [2.24, 2.45) is 5.73 Å². The van der Waals surface area contributed by atoms with Crippen LogP contribution in [0.4, 0.5) is 0 Å². The Bertz CT molecular complexity index is 650. The first-order chi connectivity index (χ1) is 9.23. The monoisotopic (exact) mass is 426 g/mol. The molecule has 1 aromatic carbocycles. The summed E-state index contributed by atoms with van der Waals surface area (Å²) in [6.07, 6.45) is -0.876. The number of hydrogen-bond donors (Lipinski definition) is 2. The normalized spacial score (nSPS) is 23.9. The molecule has 1 amide bonds. The first-order valence-electron chi connectivity index (χ1n) is 5.67. The van der Waals surface area contributed by atoms with Gasteiger partial charge in [0.2, 0.25) is 15.9 Å². The number of aliphatic hydroxyl groups excluding tert-OH is 1. The van der Waals surface area contributed by atoms with Crippen molar-refractivity contribution in [3.63, 3.8) is 0 Å². The molecule has 1 aliphatic heterocycles. The summed E-state index contributed by atoms with van der Waals surface area (Å²) < 4.78 is 27.2. The van der Waals surface area contributed by atoms with Crippen molar-refractivity contribution in [2.75, 3.05) is 6.54 Å². The minimum atomic E-state index is -3.91. The maximum atomic E-state index is 12.6. The molecule has 1 aliphatic rings. The molecular formula is C11H12Br2N2O4S. The van der Waals surface area contributed by atoms with Gasteiger partial charge in [-0.05, 0) is 34.1 Å². The van der Waals surface area contributed by atoms with Crippen LogP contribution >= 0.6 is 31.9 Å². The van der Waals surface area contributed by atoms with E-state index < -0.39 is 28.1 Å². The number of benzene rings is 1. The highest BCUT2D eigenvalue weighted by molar-refractivity contribution is 9.11. The number of β-amino-alcohol motifs (C(OH)–C–C–N with tert-alkyl or cyclic N) is 1. The molecule has 0 aromatic heterocycles. The smallest absolute Gasteiger partial charge is 0.245 e. The third kappa shape index (κ3) is 2.91. The van der Waals surface area contributed by atoms with E-state index in [9.17, 15) is 18.3 Å². The second kappa shape index (κ2) is 5.72. The second-order valence-corrected chi connectivity index (χ2v) is 8.09. The zero-order valence-electron chi connectivity index (χ0n) is 10.2.